The molecule has 0 amide bonds. The Morgan fingerprint density at radius 3 is 2.33 bits per heavy atom. The third-order valence-electron chi connectivity index (χ3n) is 1.81. The van der Waals surface area contributed by atoms with Crippen LogP contribution in [0.4, 0.5) is 0 Å². The van der Waals surface area contributed by atoms with E-state index in [2.05, 4.69) is 0 Å². The lowest BCUT2D eigenvalue weighted by Gasteiger charge is -2.19. The summed E-state index contributed by atoms with van der Waals surface area (Å²) in [6.45, 7) is 4.59. The minimum Gasteiger partial charge on any atom is -0.330 e. The minimum atomic E-state index is -3.03. The molecule has 0 spiro atoms. The van der Waals surface area contributed by atoms with E-state index < -0.39 is 10.0 Å². The maximum absolute atomic E-state index is 11.2. The molecule has 0 aromatic heterocycles. The van der Waals surface area contributed by atoms with E-state index in [0.717, 1.165) is 0 Å². The largest absolute Gasteiger partial charge is 0.330 e. The first-order valence-electron chi connectivity index (χ1n) is 4.08. The van der Waals surface area contributed by atoms with Crippen LogP contribution in [0.25, 0.3) is 0 Å². The lowest BCUT2D eigenvalue weighted by Crippen LogP contribution is -2.34. The maximum Gasteiger partial charge on any atom is 0.213 e. The second-order valence-electron chi connectivity index (χ2n) is 3.02. The Morgan fingerprint density at radius 1 is 1.50 bits per heavy atom. The van der Waals surface area contributed by atoms with E-state index in [1.54, 1.807) is 14.0 Å². The molecule has 2 N–H and O–H groups in total. The number of nitrogens with two attached hydrogens (primary N) is 1. The molecule has 5 heteroatoms. The van der Waals surface area contributed by atoms with Gasteiger partial charge in [0.05, 0.1) is 5.75 Å². The topological polar surface area (TPSA) is 63.4 Å². The third kappa shape index (κ3) is 3.51. The second kappa shape index (κ2) is 4.79. The summed E-state index contributed by atoms with van der Waals surface area (Å²) in [5.74, 6) is 0.372. The number of rotatable bonds is 5. The Kier molecular flexibility index (Phi) is 4.74. The van der Waals surface area contributed by atoms with E-state index in [-0.39, 0.29) is 11.7 Å². The number of hydrogen-bond acceptors (Lipinski definition) is 3. The van der Waals surface area contributed by atoms with Gasteiger partial charge in [0.1, 0.15) is 0 Å². The zero-order valence-corrected chi connectivity index (χ0v) is 8.76. The summed E-state index contributed by atoms with van der Waals surface area (Å²) in [6, 6.07) is 0. The quantitative estimate of drug-likeness (QED) is 0.662. The monoisotopic (exact) mass is 194 g/mol. The normalized spacial score (nSPS) is 15.1. The smallest absolute Gasteiger partial charge is 0.213 e. The summed E-state index contributed by atoms with van der Waals surface area (Å²) >= 11 is 0. The van der Waals surface area contributed by atoms with E-state index in [9.17, 15) is 8.42 Å². The fraction of sp³-hybridized carbons (Fsp3) is 1.00. The van der Waals surface area contributed by atoms with Crippen LogP contribution < -0.4 is 5.73 Å². The van der Waals surface area contributed by atoms with Crippen LogP contribution in [0.5, 0.6) is 0 Å². The van der Waals surface area contributed by atoms with Crippen molar-refractivity contribution in [3.63, 3.8) is 0 Å². The van der Waals surface area contributed by atoms with E-state index in [1.807, 2.05) is 6.92 Å². The van der Waals surface area contributed by atoms with Gasteiger partial charge in [-0.15, -0.1) is 0 Å². The van der Waals surface area contributed by atoms with Crippen molar-refractivity contribution in [3.8, 4) is 0 Å². The zero-order valence-electron chi connectivity index (χ0n) is 7.95. The molecule has 74 valence electrons. The Bertz CT molecular complexity index is 213. The number of nitrogens with zero attached hydrogens (tertiary/aromatic N) is 1. The van der Waals surface area contributed by atoms with Crippen molar-refractivity contribution >= 4 is 10.0 Å². The van der Waals surface area contributed by atoms with Crippen LogP contribution in [-0.2, 0) is 10.0 Å². The molecule has 0 saturated heterocycles. The molecule has 0 heterocycles. The number of sulfonamides is 1. The average Bonchev–Trinajstić information content (AvgIpc) is 2.04. The second-order valence-corrected chi connectivity index (χ2v) is 5.39. The fourth-order valence-corrected chi connectivity index (χ4v) is 1.77. The molecule has 0 fully saturated rings. The van der Waals surface area contributed by atoms with Crippen molar-refractivity contribution in [2.24, 2.45) is 11.7 Å². The van der Waals surface area contributed by atoms with Gasteiger partial charge in [0.2, 0.25) is 10.0 Å². The van der Waals surface area contributed by atoms with Crippen LogP contribution in [0.1, 0.15) is 13.8 Å². The Hall–Kier alpha value is -0.130. The molecule has 0 aliphatic rings. The van der Waals surface area contributed by atoms with Crippen LogP contribution >= 0.6 is 0 Å². The molecule has 0 aromatic rings. The minimum absolute atomic E-state index is 0.154. The Labute approximate surface area is 74.8 Å². The predicted octanol–water partition coefficient (Wildman–Crippen LogP) is -0.137. The molecule has 0 bridgehead atoms. The molecule has 0 aromatic carbocycles. The highest BCUT2D eigenvalue weighted by atomic mass is 32.2. The molecular weight excluding hydrogens is 176 g/mol. The maximum atomic E-state index is 11.2. The van der Waals surface area contributed by atoms with Gasteiger partial charge in [0.15, 0.2) is 0 Å². The first-order chi connectivity index (χ1) is 5.44. The summed E-state index contributed by atoms with van der Waals surface area (Å²) in [7, 11) is -1.44. The van der Waals surface area contributed by atoms with Gasteiger partial charge in [-0.1, -0.05) is 6.92 Å². The van der Waals surface area contributed by atoms with Crippen LogP contribution in [0.3, 0.4) is 0 Å². The third-order valence-corrected chi connectivity index (χ3v) is 3.64. The molecule has 0 rings (SSSR count). The van der Waals surface area contributed by atoms with Crippen LogP contribution in [0.2, 0.25) is 0 Å². The van der Waals surface area contributed by atoms with Gasteiger partial charge in [-0.05, 0) is 19.4 Å². The van der Waals surface area contributed by atoms with Crippen molar-refractivity contribution in [2.45, 2.75) is 13.8 Å². The van der Waals surface area contributed by atoms with E-state index >= 15 is 0 Å². The summed E-state index contributed by atoms with van der Waals surface area (Å²) in [5.41, 5.74) is 5.38. The van der Waals surface area contributed by atoms with E-state index in [4.69, 9.17) is 5.73 Å². The van der Waals surface area contributed by atoms with Gasteiger partial charge in [-0.25, -0.2) is 12.7 Å². The van der Waals surface area contributed by atoms with Crippen LogP contribution in [-0.4, -0.2) is 38.6 Å². The van der Waals surface area contributed by atoms with E-state index in [0.29, 0.717) is 13.1 Å². The van der Waals surface area contributed by atoms with Crippen molar-refractivity contribution < 1.29 is 8.42 Å². The molecule has 0 saturated carbocycles. The zero-order chi connectivity index (χ0) is 9.78. The predicted molar refractivity (Wildman–Crippen MR) is 50.3 cm³/mol. The standard InChI is InChI=1S/C7H18N2O2S/c1-4-12(10,11)9(3)6-7(2)5-8/h7H,4-6,8H2,1-3H3. The Balaban J connectivity index is 4.13. The lowest BCUT2D eigenvalue weighted by atomic mass is 10.2. The van der Waals surface area contributed by atoms with Crippen molar-refractivity contribution in [1.29, 1.82) is 0 Å². The molecule has 1 unspecified atom stereocenters. The van der Waals surface area contributed by atoms with Crippen molar-refractivity contribution in [2.75, 3.05) is 25.9 Å². The SMILES string of the molecule is CCS(=O)(=O)N(C)CC(C)CN. The summed E-state index contributed by atoms with van der Waals surface area (Å²) in [4.78, 5) is 0. The molecule has 0 aliphatic heterocycles. The van der Waals surface area contributed by atoms with E-state index in [1.165, 1.54) is 4.31 Å². The molecule has 0 radical (unpaired) electrons. The first kappa shape index (κ1) is 11.9. The highest BCUT2D eigenvalue weighted by Gasteiger charge is 2.16. The lowest BCUT2D eigenvalue weighted by molar-refractivity contribution is 0.405. The fourth-order valence-electron chi connectivity index (χ4n) is 0.847. The van der Waals surface area contributed by atoms with Crippen molar-refractivity contribution in [3.05, 3.63) is 0 Å². The van der Waals surface area contributed by atoms with Gasteiger partial charge in [-0.3, -0.25) is 0 Å². The van der Waals surface area contributed by atoms with Crippen LogP contribution in [0, 0.1) is 5.92 Å². The molecular formula is C7H18N2O2S. The van der Waals surface area contributed by atoms with Gasteiger partial charge in [0.25, 0.3) is 0 Å². The first-order valence-corrected chi connectivity index (χ1v) is 5.69. The van der Waals surface area contributed by atoms with Gasteiger partial charge in [-0.2, -0.15) is 0 Å². The Morgan fingerprint density at radius 2 is 2.00 bits per heavy atom. The highest BCUT2D eigenvalue weighted by molar-refractivity contribution is 7.89. The van der Waals surface area contributed by atoms with Gasteiger partial charge in [0, 0.05) is 13.6 Å². The van der Waals surface area contributed by atoms with Crippen molar-refractivity contribution in [1.82, 2.24) is 4.31 Å². The molecule has 0 aliphatic carbocycles. The van der Waals surface area contributed by atoms with Gasteiger partial charge >= 0.3 is 0 Å². The van der Waals surface area contributed by atoms with Crippen LogP contribution in [0.15, 0.2) is 0 Å². The van der Waals surface area contributed by atoms with Gasteiger partial charge < -0.3 is 5.73 Å². The molecule has 12 heavy (non-hydrogen) atoms. The average molecular weight is 194 g/mol. The summed E-state index contributed by atoms with van der Waals surface area (Å²) < 4.78 is 23.8. The highest BCUT2D eigenvalue weighted by Crippen LogP contribution is 2.02. The molecule has 4 nitrogen and oxygen atoms in total. The summed E-state index contributed by atoms with van der Waals surface area (Å²) in [6.07, 6.45) is 0. The molecule has 1 atom stereocenters. The summed E-state index contributed by atoms with van der Waals surface area (Å²) in [5, 5.41) is 0. The number of hydrogen-bond donors (Lipinski definition) is 1.